The topological polar surface area (TPSA) is 26.0 Å². The number of rotatable bonds is 1. The van der Waals surface area contributed by atoms with Crippen molar-refractivity contribution in [1.82, 2.24) is 0 Å². The lowest BCUT2D eigenvalue weighted by Crippen LogP contribution is -2.56. The molecule has 1 saturated carbocycles. The number of anilines is 1. The summed E-state index contributed by atoms with van der Waals surface area (Å²) in [7, 11) is 0. The first kappa shape index (κ1) is 10.3. The van der Waals surface area contributed by atoms with E-state index in [0.717, 1.165) is 0 Å². The smallest absolute Gasteiger partial charge is 0.317 e. The number of halogens is 4. The van der Waals surface area contributed by atoms with Gasteiger partial charge in [-0.25, -0.2) is 0 Å². The Labute approximate surface area is 83.9 Å². The average Bonchev–Trinajstić information content (AvgIpc) is 2.16. The zero-order valence-electron chi connectivity index (χ0n) is 7.68. The molecule has 1 nitrogen and oxygen atoms in total. The summed E-state index contributed by atoms with van der Waals surface area (Å²) in [6, 6.07) is 5.59. The number of hydrogen-bond acceptors (Lipinski definition) is 1. The van der Waals surface area contributed by atoms with Gasteiger partial charge in [-0.1, -0.05) is 12.1 Å². The standard InChI is InChI=1S/C10H9F4N/c11-9(12)5-8(10(9,13)14)6-1-3-7(15)4-2-6/h1-4,8H,5,15H2. The predicted molar refractivity (Wildman–Crippen MR) is 48.1 cm³/mol. The van der Waals surface area contributed by atoms with Crippen LogP contribution in [-0.2, 0) is 0 Å². The van der Waals surface area contributed by atoms with Crippen LogP contribution < -0.4 is 5.73 Å². The van der Waals surface area contributed by atoms with Gasteiger partial charge in [0.05, 0.1) is 5.92 Å². The molecule has 1 aliphatic rings. The molecule has 0 radical (unpaired) electrons. The summed E-state index contributed by atoms with van der Waals surface area (Å²) < 4.78 is 51.1. The summed E-state index contributed by atoms with van der Waals surface area (Å²) in [5, 5.41) is 0. The summed E-state index contributed by atoms with van der Waals surface area (Å²) >= 11 is 0. The maximum Gasteiger partial charge on any atom is 0.317 e. The van der Waals surface area contributed by atoms with Crippen LogP contribution in [0.5, 0.6) is 0 Å². The third-order valence-corrected chi connectivity index (χ3v) is 2.72. The molecule has 0 spiro atoms. The Morgan fingerprint density at radius 2 is 1.60 bits per heavy atom. The van der Waals surface area contributed by atoms with E-state index < -0.39 is 24.2 Å². The maximum absolute atomic E-state index is 13.0. The lowest BCUT2D eigenvalue weighted by molar-refractivity contribution is -0.290. The van der Waals surface area contributed by atoms with Crippen LogP contribution in [-0.4, -0.2) is 11.8 Å². The van der Waals surface area contributed by atoms with E-state index >= 15 is 0 Å². The van der Waals surface area contributed by atoms with Crippen LogP contribution >= 0.6 is 0 Å². The van der Waals surface area contributed by atoms with Crippen LogP contribution in [0.25, 0.3) is 0 Å². The van der Waals surface area contributed by atoms with E-state index in [-0.39, 0.29) is 5.56 Å². The van der Waals surface area contributed by atoms with Gasteiger partial charge in [0.2, 0.25) is 0 Å². The second-order valence-electron chi connectivity index (χ2n) is 3.75. The molecular formula is C10H9F4N. The number of nitrogens with two attached hydrogens (primary N) is 1. The second-order valence-corrected chi connectivity index (χ2v) is 3.75. The summed E-state index contributed by atoms with van der Waals surface area (Å²) in [6.07, 6.45) is -0.802. The Balaban J connectivity index is 2.25. The normalized spacial score (nSPS) is 27.1. The van der Waals surface area contributed by atoms with Gasteiger partial charge in [0.1, 0.15) is 0 Å². The van der Waals surface area contributed by atoms with E-state index in [1.165, 1.54) is 24.3 Å². The highest BCUT2D eigenvalue weighted by Gasteiger charge is 2.71. The molecular weight excluding hydrogens is 210 g/mol. The van der Waals surface area contributed by atoms with Crippen molar-refractivity contribution < 1.29 is 17.6 Å². The van der Waals surface area contributed by atoms with Crippen molar-refractivity contribution >= 4 is 5.69 Å². The van der Waals surface area contributed by atoms with Crippen LogP contribution in [0.3, 0.4) is 0 Å². The molecule has 1 fully saturated rings. The van der Waals surface area contributed by atoms with Crippen LogP contribution in [0.2, 0.25) is 0 Å². The molecule has 0 heterocycles. The van der Waals surface area contributed by atoms with Crippen LogP contribution in [0.4, 0.5) is 23.2 Å². The van der Waals surface area contributed by atoms with Crippen LogP contribution in [0.15, 0.2) is 24.3 Å². The fraction of sp³-hybridized carbons (Fsp3) is 0.400. The molecule has 1 atom stereocenters. The monoisotopic (exact) mass is 219 g/mol. The van der Waals surface area contributed by atoms with Crippen molar-refractivity contribution in [2.45, 2.75) is 24.2 Å². The van der Waals surface area contributed by atoms with Gasteiger partial charge in [0.15, 0.2) is 0 Å². The van der Waals surface area contributed by atoms with Gasteiger partial charge in [0.25, 0.3) is 0 Å². The highest BCUT2D eigenvalue weighted by atomic mass is 19.3. The first-order valence-electron chi connectivity index (χ1n) is 4.46. The molecule has 0 aromatic heterocycles. The van der Waals surface area contributed by atoms with Crippen molar-refractivity contribution in [3.63, 3.8) is 0 Å². The van der Waals surface area contributed by atoms with Gasteiger partial charge in [-0.15, -0.1) is 0 Å². The first-order valence-corrected chi connectivity index (χ1v) is 4.46. The molecule has 0 aliphatic heterocycles. The van der Waals surface area contributed by atoms with Crippen molar-refractivity contribution in [2.24, 2.45) is 0 Å². The minimum atomic E-state index is -3.94. The highest BCUT2D eigenvalue weighted by Crippen LogP contribution is 2.59. The Morgan fingerprint density at radius 1 is 1.07 bits per heavy atom. The van der Waals surface area contributed by atoms with Gasteiger partial charge in [0, 0.05) is 12.1 Å². The number of hydrogen-bond donors (Lipinski definition) is 1. The van der Waals surface area contributed by atoms with E-state index in [4.69, 9.17) is 5.73 Å². The van der Waals surface area contributed by atoms with Crippen molar-refractivity contribution in [3.8, 4) is 0 Å². The van der Waals surface area contributed by atoms with Gasteiger partial charge in [-0.05, 0) is 17.7 Å². The summed E-state index contributed by atoms with van der Waals surface area (Å²) in [4.78, 5) is 0. The quantitative estimate of drug-likeness (QED) is 0.570. The molecule has 0 saturated heterocycles. The largest absolute Gasteiger partial charge is 0.399 e. The van der Waals surface area contributed by atoms with E-state index in [0.29, 0.717) is 5.69 Å². The Kier molecular flexibility index (Phi) is 1.96. The third kappa shape index (κ3) is 1.37. The molecule has 1 aromatic rings. The molecule has 2 rings (SSSR count). The molecule has 15 heavy (non-hydrogen) atoms. The Morgan fingerprint density at radius 3 is 2.00 bits per heavy atom. The van der Waals surface area contributed by atoms with Crippen molar-refractivity contribution in [2.75, 3.05) is 5.73 Å². The van der Waals surface area contributed by atoms with E-state index in [1.807, 2.05) is 0 Å². The number of alkyl halides is 4. The Hall–Kier alpha value is -1.26. The fourth-order valence-electron chi connectivity index (χ4n) is 1.70. The molecule has 0 amide bonds. The van der Waals surface area contributed by atoms with E-state index in [2.05, 4.69) is 0 Å². The number of nitrogen functional groups attached to an aromatic ring is 1. The van der Waals surface area contributed by atoms with Gasteiger partial charge in [-0.2, -0.15) is 17.6 Å². The summed E-state index contributed by atoms with van der Waals surface area (Å²) in [6.45, 7) is 0. The third-order valence-electron chi connectivity index (χ3n) is 2.72. The highest BCUT2D eigenvalue weighted by molar-refractivity contribution is 5.42. The minimum absolute atomic E-state index is 0.208. The number of benzene rings is 1. The molecule has 1 unspecified atom stereocenters. The minimum Gasteiger partial charge on any atom is -0.399 e. The first-order chi connectivity index (χ1) is 6.84. The van der Waals surface area contributed by atoms with E-state index in [9.17, 15) is 17.6 Å². The van der Waals surface area contributed by atoms with Gasteiger partial charge < -0.3 is 5.73 Å². The molecule has 1 aliphatic carbocycles. The lowest BCUT2D eigenvalue weighted by Gasteiger charge is -2.44. The fourth-order valence-corrected chi connectivity index (χ4v) is 1.70. The summed E-state index contributed by atoms with van der Waals surface area (Å²) in [5.74, 6) is -9.21. The average molecular weight is 219 g/mol. The van der Waals surface area contributed by atoms with Crippen LogP contribution in [0, 0.1) is 0 Å². The van der Waals surface area contributed by atoms with Crippen molar-refractivity contribution in [1.29, 1.82) is 0 Å². The van der Waals surface area contributed by atoms with Crippen molar-refractivity contribution in [3.05, 3.63) is 29.8 Å². The molecule has 0 bridgehead atoms. The van der Waals surface area contributed by atoms with E-state index in [1.54, 1.807) is 0 Å². The lowest BCUT2D eigenvalue weighted by atomic mass is 9.72. The zero-order valence-corrected chi connectivity index (χ0v) is 7.68. The van der Waals surface area contributed by atoms with Gasteiger partial charge in [-0.3, -0.25) is 0 Å². The Bertz CT molecular complexity index is 372. The second kappa shape index (κ2) is 2.87. The predicted octanol–water partition coefficient (Wildman–Crippen LogP) is 3.03. The SMILES string of the molecule is Nc1ccc(C2CC(F)(F)C2(F)F)cc1. The molecule has 5 heteroatoms. The van der Waals surface area contributed by atoms with Crippen LogP contribution in [0.1, 0.15) is 17.9 Å². The maximum atomic E-state index is 13.0. The molecule has 82 valence electrons. The van der Waals surface area contributed by atoms with Gasteiger partial charge >= 0.3 is 11.8 Å². The molecule has 1 aromatic carbocycles. The summed E-state index contributed by atoms with van der Waals surface area (Å²) in [5.41, 5.74) is 6.00. The molecule has 2 N–H and O–H groups in total. The zero-order chi connectivity index (χ0) is 11.3.